The topological polar surface area (TPSA) is 88.5 Å². The number of halogens is 2. The lowest BCUT2D eigenvalue weighted by molar-refractivity contribution is -0.140. The first-order valence-corrected chi connectivity index (χ1v) is 6.01. The third-order valence-corrected chi connectivity index (χ3v) is 3.37. The van der Waals surface area contributed by atoms with Crippen molar-refractivity contribution < 1.29 is 31.3 Å². The minimum absolute atomic E-state index is 0.0159. The van der Waals surface area contributed by atoms with Crippen LogP contribution in [0.4, 0.5) is 8.78 Å². The average Bonchev–Trinajstić information content (AvgIpc) is 2.16. The molecule has 0 bridgehead atoms. The van der Waals surface area contributed by atoms with Gasteiger partial charge in [-0.05, 0) is 12.8 Å². The zero-order valence-electron chi connectivity index (χ0n) is 8.15. The fraction of sp³-hybridized carbons (Fsp3) is 0.750. The van der Waals surface area contributed by atoms with E-state index in [0.29, 0.717) is 0 Å². The minimum Gasteiger partial charge on any atom is -0.300 e. The molecule has 0 spiro atoms. The van der Waals surface area contributed by atoms with E-state index < -0.39 is 27.1 Å². The van der Waals surface area contributed by atoms with Gasteiger partial charge in [0.2, 0.25) is 5.78 Å². The van der Waals surface area contributed by atoms with Crippen LogP contribution in [-0.4, -0.2) is 29.8 Å². The summed E-state index contributed by atoms with van der Waals surface area (Å²) in [6.45, 7) is 0. The number of rotatable bonds is 3. The molecule has 1 aliphatic carbocycles. The molecule has 5 nitrogen and oxygen atoms in total. The van der Waals surface area contributed by atoms with Gasteiger partial charge in [0, 0.05) is 18.8 Å². The Balaban J connectivity index is 2.83. The van der Waals surface area contributed by atoms with E-state index >= 15 is 0 Å². The van der Waals surface area contributed by atoms with Crippen LogP contribution in [0.5, 0.6) is 0 Å². The highest BCUT2D eigenvalue weighted by atomic mass is 32.2. The quantitative estimate of drug-likeness (QED) is 0.754. The van der Waals surface area contributed by atoms with Crippen molar-refractivity contribution >= 4 is 21.7 Å². The van der Waals surface area contributed by atoms with Crippen LogP contribution in [0.2, 0.25) is 0 Å². The van der Waals surface area contributed by atoms with E-state index in [-0.39, 0.29) is 31.5 Å². The molecule has 0 saturated heterocycles. The molecule has 8 heteroatoms. The van der Waals surface area contributed by atoms with Crippen LogP contribution in [-0.2, 0) is 19.7 Å². The monoisotopic (exact) mass is 256 g/mol. The Morgan fingerprint density at radius 3 is 2.12 bits per heavy atom. The maximum Gasteiger partial charge on any atom is 0.426 e. The largest absolute Gasteiger partial charge is 0.426 e. The molecule has 1 rings (SSSR count). The Morgan fingerprint density at radius 2 is 1.75 bits per heavy atom. The van der Waals surface area contributed by atoms with Crippen molar-refractivity contribution in [3.05, 3.63) is 0 Å². The molecule has 0 amide bonds. The molecule has 92 valence electrons. The Kier molecular flexibility index (Phi) is 3.44. The molecule has 0 aromatic rings. The van der Waals surface area contributed by atoms with Crippen molar-refractivity contribution in [2.45, 2.75) is 30.9 Å². The van der Waals surface area contributed by atoms with Crippen molar-refractivity contribution in [2.24, 2.45) is 5.92 Å². The second-order valence-electron chi connectivity index (χ2n) is 3.67. The van der Waals surface area contributed by atoms with E-state index in [1.54, 1.807) is 0 Å². The second-order valence-corrected chi connectivity index (χ2v) is 5.13. The first-order valence-electron chi connectivity index (χ1n) is 4.57. The van der Waals surface area contributed by atoms with Gasteiger partial charge in [-0.15, -0.1) is 0 Å². The van der Waals surface area contributed by atoms with Gasteiger partial charge in [0.15, 0.2) is 0 Å². The van der Waals surface area contributed by atoms with Crippen LogP contribution >= 0.6 is 0 Å². The highest BCUT2D eigenvalue weighted by Gasteiger charge is 2.54. The van der Waals surface area contributed by atoms with Gasteiger partial charge < -0.3 is 0 Å². The summed E-state index contributed by atoms with van der Waals surface area (Å²) in [5.41, 5.74) is 0. The van der Waals surface area contributed by atoms with Gasteiger partial charge in [-0.3, -0.25) is 14.1 Å². The Hall–Kier alpha value is -0.890. The predicted molar refractivity (Wildman–Crippen MR) is 48.5 cm³/mol. The normalized spacial score (nSPS) is 19.8. The van der Waals surface area contributed by atoms with Crippen LogP contribution in [0.3, 0.4) is 0 Å². The smallest absolute Gasteiger partial charge is 0.300 e. The summed E-state index contributed by atoms with van der Waals surface area (Å²) in [7, 11) is -5.73. The Morgan fingerprint density at radius 1 is 1.31 bits per heavy atom. The summed E-state index contributed by atoms with van der Waals surface area (Å²) >= 11 is 0. The molecular formula is C8H10F2O5S. The number of ketones is 2. The summed E-state index contributed by atoms with van der Waals surface area (Å²) in [5.74, 6) is -3.16. The third kappa shape index (κ3) is 2.43. The summed E-state index contributed by atoms with van der Waals surface area (Å²) in [5, 5.41) is -4.78. The molecular weight excluding hydrogens is 246 g/mol. The second kappa shape index (κ2) is 4.17. The molecule has 0 atom stereocenters. The van der Waals surface area contributed by atoms with E-state index in [4.69, 9.17) is 4.55 Å². The number of alkyl halides is 2. The van der Waals surface area contributed by atoms with E-state index in [2.05, 4.69) is 0 Å². The third-order valence-electron chi connectivity index (χ3n) is 2.52. The fourth-order valence-corrected chi connectivity index (χ4v) is 1.99. The first kappa shape index (κ1) is 13.2. The van der Waals surface area contributed by atoms with Gasteiger partial charge in [-0.25, -0.2) is 0 Å². The molecule has 0 radical (unpaired) electrons. The van der Waals surface area contributed by atoms with Crippen molar-refractivity contribution in [3.8, 4) is 0 Å². The maximum atomic E-state index is 12.9. The summed E-state index contributed by atoms with van der Waals surface area (Å²) in [6.07, 6.45) is -0.221. The van der Waals surface area contributed by atoms with E-state index in [1.807, 2.05) is 0 Å². The summed E-state index contributed by atoms with van der Waals surface area (Å²) in [6, 6.07) is 0. The van der Waals surface area contributed by atoms with Gasteiger partial charge >= 0.3 is 15.4 Å². The van der Waals surface area contributed by atoms with Crippen LogP contribution in [0.15, 0.2) is 0 Å². The molecule has 0 unspecified atom stereocenters. The lowest BCUT2D eigenvalue weighted by atomic mass is 9.85. The zero-order valence-corrected chi connectivity index (χ0v) is 8.97. The average molecular weight is 256 g/mol. The molecule has 0 heterocycles. The molecule has 0 aromatic heterocycles. The summed E-state index contributed by atoms with van der Waals surface area (Å²) < 4.78 is 54.7. The molecule has 1 aliphatic rings. The molecule has 0 aromatic carbocycles. The SMILES string of the molecule is O=C1CCC(C(=O)C(F)(F)S(=O)(=O)O)CC1. The molecule has 0 aliphatic heterocycles. The number of hydrogen-bond donors (Lipinski definition) is 1. The first-order chi connectivity index (χ1) is 7.16. The lowest BCUT2D eigenvalue weighted by Crippen LogP contribution is -2.42. The number of carbonyl (C=O) groups is 2. The number of hydrogen-bond acceptors (Lipinski definition) is 4. The van der Waals surface area contributed by atoms with Crippen molar-refractivity contribution in [2.75, 3.05) is 0 Å². The van der Waals surface area contributed by atoms with Gasteiger partial charge in [0.25, 0.3) is 0 Å². The summed E-state index contributed by atoms with van der Waals surface area (Å²) in [4.78, 5) is 22.0. The van der Waals surface area contributed by atoms with Gasteiger partial charge in [-0.2, -0.15) is 17.2 Å². The van der Waals surface area contributed by atoms with Crippen molar-refractivity contribution in [3.63, 3.8) is 0 Å². The van der Waals surface area contributed by atoms with Crippen molar-refractivity contribution in [1.29, 1.82) is 0 Å². The van der Waals surface area contributed by atoms with Crippen molar-refractivity contribution in [1.82, 2.24) is 0 Å². The standard InChI is InChI=1S/C8H10F2O5S/c9-8(10,16(13,14)15)7(12)5-1-3-6(11)4-2-5/h5H,1-4H2,(H,13,14,15). The molecule has 1 N–H and O–H groups in total. The Labute approximate surface area is 90.6 Å². The van der Waals surface area contributed by atoms with Crippen LogP contribution in [0.25, 0.3) is 0 Å². The van der Waals surface area contributed by atoms with Gasteiger partial charge in [0.05, 0.1) is 0 Å². The highest BCUT2D eigenvalue weighted by molar-refractivity contribution is 7.87. The van der Waals surface area contributed by atoms with E-state index in [9.17, 15) is 26.8 Å². The van der Waals surface area contributed by atoms with E-state index in [1.165, 1.54) is 0 Å². The van der Waals surface area contributed by atoms with Gasteiger partial charge in [0.1, 0.15) is 5.78 Å². The minimum atomic E-state index is -5.73. The highest BCUT2D eigenvalue weighted by Crippen LogP contribution is 2.31. The van der Waals surface area contributed by atoms with Gasteiger partial charge in [-0.1, -0.05) is 0 Å². The van der Waals surface area contributed by atoms with Crippen LogP contribution in [0, 0.1) is 5.92 Å². The Bertz CT molecular complexity index is 404. The number of carbonyl (C=O) groups excluding carboxylic acids is 2. The lowest BCUT2D eigenvalue weighted by Gasteiger charge is -2.22. The molecule has 16 heavy (non-hydrogen) atoms. The molecule has 1 fully saturated rings. The zero-order chi connectivity index (χ0) is 12.6. The van der Waals surface area contributed by atoms with Crippen LogP contribution < -0.4 is 0 Å². The maximum absolute atomic E-state index is 12.9. The van der Waals surface area contributed by atoms with E-state index in [0.717, 1.165) is 0 Å². The van der Waals surface area contributed by atoms with Crippen LogP contribution in [0.1, 0.15) is 25.7 Å². The fourth-order valence-electron chi connectivity index (χ4n) is 1.57. The number of Topliss-reactive ketones (excluding diaryl/α,β-unsaturated/α-hetero) is 2. The predicted octanol–water partition coefficient (Wildman–Crippen LogP) is 0.795. The molecule has 1 saturated carbocycles.